The Morgan fingerprint density at radius 3 is 2.44 bits per heavy atom. The molecule has 0 spiro atoms. The molecule has 6 nitrogen and oxygen atoms in total. The van der Waals surface area contributed by atoms with Crippen LogP contribution in [0.3, 0.4) is 0 Å². The third-order valence-electron chi connectivity index (χ3n) is 5.42. The lowest BCUT2D eigenvalue weighted by Crippen LogP contribution is -2.43. The first-order chi connectivity index (χ1) is 15.1. The van der Waals surface area contributed by atoms with Gasteiger partial charge in [0, 0.05) is 24.0 Å². The predicted octanol–water partition coefficient (Wildman–Crippen LogP) is 5.06. The molecular formula is C23H28Cl2N2O4S. The Morgan fingerprint density at radius 1 is 1.09 bits per heavy atom. The average molecular weight is 499 g/mol. The summed E-state index contributed by atoms with van der Waals surface area (Å²) in [5.74, 6) is 0.427. The molecule has 1 fully saturated rings. The summed E-state index contributed by atoms with van der Waals surface area (Å²) in [5.41, 5.74) is 0.951. The molecule has 3 rings (SSSR count). The summed E-state index contributed by atoms with van der Waals surface area (Å²) >= 11 is 12.1. The van der Waals surface area contributed by atoms with Crippen molar-refractivity contribution in [3.8, 4) is 5.75 Å². The fourth-order valence-corrected chi connectivity index (χ4v) is 5.92. The van der Waals surface area contributed by atoms with Gasteiger partial charge in [-0.1, -0.05) is 35.3 Å². The molecule has 0 radical (unpaired) electrons. The molecule has 1 saturated heterocycles. The van der Waals surface area contributed by atoms with Gasteiger partial charge in [-0.2, -0.15) is 4.31 Å². The minimum atomic E-state index is -3.77. The van der Waals surface area contributed by atoms with E-state index >= 15 is 0 Å². The molecule has 0 aromatic heterocycles. The Labute approximate surface area is 199 Å². The van der Waals surface area contributed by atoms with Crippen LogP contribution in [-0.2, 0) is 14.8 Å². The van der Waals surface area contributed by atoms with Gasteiger partial charge in [-0.05, 0) is 69.5 Å². The molecule has 2 aromatic rings. The van der Waals surface area contributed by atoms with Gasteiger partial charge in [0.1, 0.15) is 10.6 Å². The molecule has 2 aromatic carbocycles. The molecule has 0 aliphatic carbocycles. The van der Waals surface area contributed by atoms with Crippen LogP contribution in [0.5, 0.6) is 5.75 Å². The number of hydrogen-bond acceptors (Lipinski definition) is 4. The Kier molecular flexibility index (Phi) is 8.09. The maximum atomic E-state index is 13.0. The van der Waals surface area contributed by atoms with Crippen LogP contribution in [0.1, 0.15) is 45.2 Å². The number of rotatable bonds is 7. The number of ether oxygens (including phenoxy) is 1. The first-order valence-electron chi connectivity index (χ1n) is 10.6. The smallest absolute Gasteiger partial charge is 0.244 e. The van der Waals surface area contributed by atoms with Crippen LogP contribution in [0.15, 0.2) is 47.4 Å². The molecule has 1 heterocycles. The van der Waals surface area contributed by atoms with Crippen molar-refractivity contribution in [3.05, 3.63) is 58.1 Å². The minimum Gasteiger partial charge on any atom is -0.491 e. The zero-order valence-electron chi connectivity index (χ0n) is 18.3. The lowest BCUT2D eigenvalue weighted by molar-refractivity contribution is -0.126. The summed E-state index contributed by atoms with van der Waals surface area (Å²) in [5, 5.41) is 3.48. The largest absolute Gasteiger partial charge is 0.491 e. The van der Waals surface area contributed by atoms with E-state index < -0.39 is 10.0 Å². The van der Waals surface area contributed by atoms with E-state index in [0.717, 1.165) is 11.3 Å². The van der Waals surface area contributed by atoms with E-state index in [1.54, 1.807) is 6.07 Å². The standard InChI is InChI=1S/C23H28Cl2N2O4S/c1-15(2)31-20-6-4-5-18(13-20)16(3)26-23(28)17-9-11-27(12-10-17)32(29,30)22-14-19(24)7-8-21(22)25/h4-8,13-17H,9-12H2,1-3H3,(H,26,28). The van der Waals surface area contributed by atoms with Crippen LogP contribution in [0.2, 0.25) is 10.0 Å². The van der Waals surface area contributed by atoms with Gasteiger partial charge in [0.15, 0.2) is 0 Å². The van der Waals surface area contributed by atoms with Gasteiger partial charge in [0.25, 0.3) is 0 Å². The highest BCUT2D eigenvalue weighted by Crippen LogP contribution is 2.30. The number of benzene rings is 2. The van der Waals surface area contributed by atoms with E-state index in [4.69, 9.17) is 27.9 Å². The molecular weight excluding hydrogens is 471 g/mol. The van der Waals surface area contributed by atoms with Crippen molar-refractivity contribution in [2.45, 2.75) is 50.7 Å². The van der Waals surface area contributed by atoms with Gasteiger partial charge in [0.2, 0.25) is 15.9 Å². The van der Waals surface area contributed by atoms with E-state index in [1.807, 2.05) is 45.0 Å². The van der Waals surface area contributed by atoms with E-state index in [1.165, 1.54) is 16.4 Å². The average Bonchev–Trinajstić information content (AvgIpc) is 2.75. The highest BCUT2D eigenvalue weighted by Gasteiger charge is 2.33. The van der Waals surface area contributed by atoms with Crippen molar-refractivity contribution in [1.82, 2.24) is 9.62 Å². The van der Waals surface area contributed by atoms with Crippen molar-refractivity contribution in [1.29, 1.82) is 0 Å². The SMILES string of the molecule is CC(C)Oc1cccc(C(C)NC(=O)C2CCN(S(=O)(=O)c3cc(Cl)ccc3Cl)CC2)c1. The molecule has 32 heavy (non-hydrogen) atoms. The lowest BCUT2D eigenvalue weighted by Gasteiger charge is -2.31. The van der Waals surface area contributed by atoms with E-state index in [2.05, 4.69) is 5.32 Å². The van der Waals surface area contributed by atoms with E-state index in [-0.39, 0.29) is 47.0 Å². The number of nitrogens with zero attached hydrogens (tertiary/aromatic N) is 1. The molecule has 1 aliphatic rings. The summed E-state index contributed by atoms with van der Waals surface area (Å²) in [6.45, 7) is 6.34. The molecule has 0 bridgehead atoms. The van der Waals surface area contributed by atoms with Crippen molar-refractivity contribution < 1.29 is 17.9 Å². The highest BCUT2D eigenvalue weighted by atomic mass is 35.5. The molecule has 1 aliphatic heterocycles. The second-order valence-corrected chi connectivity index (χ2v) is 11.0. The normalized spacial score (nSPS) is 16.7. The number of hydrogen-bond donors (Lipinski definition) is 1. The van der Waals surface area contributed by atoms with Crippen LogP contribution in [-0.4, -0.2) is 37.8 Å². The quantitative estimate of drug-likeness (QED) is 0.578. The van der Waals surface area contributed by atoms with Crippen LogP contribution >= 0.6 is 23.2 Å². The van der Waals surface area contributed by atoms with Gasteiger partial charge in [-0.25, -0.2) is 8.42 Å². The van der Waals surface area contributed by atoms with Crippen molar-refractivity contribution in [2.24, 2.45) is 5.92 Å². The first kappa shape index (κ1) is 24.8. The summed E-state index contributed by atoms with van der Waals surface area (Å²) in [4.78, 5) is 12.8. The summed E-state index contributed by atoms with van der Waals surface area (Å²) in [7, 11) is -3.77. The number of amides is 1. The van der Waals surface area contributed by atoms with E-state index in [9.17, 15) is 13.2 Å². The second kappa shape index (κ2) is 10.4. The molecule has 1 amide bonds. The zero-order chi connectivity index (χ0) is 23.5. The first-order valence-corrected chi connectivity index (χ1v) is 12.8. The monoisotopic (exact) mass is 498 g/mol. The molecule has 1 atom stereocenters. The Bertz CT molecular complexity index is 1070. The maximum absolute atomic E-state index is 13.0. The number of nitrogens with one attached hydrogen (secondary N) is 1. The van der Waals surface area contributed by atoms with Gasteiger partial charge in [0.05, 0.1) is 17.2 Å². The predicted molar refractivity (Wildman–Crippen MR) is 127 cm³/mol. The Hall–Kier alpha value is -1.80. The van der Waals surface area contributed by atoms with Gasteiger partial charge in [-0.3, -0.25) is 4.79 Å². The highest BCUT2D eigenvalue weighted by molar-refractivity contribution is 7.89. The summed E-state index contributed by atoms with van der Waals surface area (Å²) in [6.07, 6.45) is 0.942. The molecule has 1 unspecified atom stereocenters. The number of piperidine rings is 1. The molecule has 9 heteroatoms. The van der Waals surface area contributed by atoms with Crippen LogP contribution in [0.4, 0.5) is 0 Å². The molecule has 1 N–H and O–H groups in total. The van der Waals surface area contributed by atoms with Crippen molar-refractivity contribution in [3.63, 3.8) is 0 Å². The fraction of sp³-hybridized carbons (Fsp3) is 0.435. The lowest BCUT2D eigenvalue weighted by atomic mass is 9.96. The molecule has 0 saturated carbocycles. The van der Waals surface area contributed by atoms with Crippen LogP contribution < -0.4 is 10.1 Å². The Balaban J connectivity index is 1.60. The maximum Gasteiger partial charge on any atom is 0.244 e. The van der Waals surface area contributed by atoms with Gasteiger partial charge < -0.3 is 10.1 Å². The summed E-state index contributed by atoms with van der Waals surface area (Å²) in [6, 6.07) is 11.9. The van der Waals surface area contributed by atoms with Crippen LogP contribution in [0, 0.1) is 5.92 Å². The van der Waals surface area contributed by atoms with Crippen molar-refractivity contribution in [2.75, 3.05) is 13.1 Å². The summed E-state index contributed by atoms with van der Waals surface area (Å²) < 4.78 is 33.1. The number of halogens is 2. The number of carbonyl (C=O) groups excluding carboxylic acids is 1. The number of carbonyl (C=O) groups is 1. The topological polar surface area (TPSA) is 75.7 Å². The third kappa shape index (κ3) is 5.95. The van der Waals surface area contributed by atoms with Gasteiger partial charge >= 0.3 is 0 Å². The van der Waals surface area contributed by atoms with Crippen molar-refractivity contribution >= 4 is 39.1 Å². The van der Waals surface area contributed by atoms with Crippen LogP contribution in [0.25, 0.3) is 0 Å². The fourth-order valence-electron chi connectivity index (χ4n) is 3.72. The second-order valence-electron chi connectivity index (χ2n) is 8.22. The van der Waals surface area contributed by atoms with Gasteiger partial charge in [-0.15, -0.1) is 0 Å². The number of sulfonamides is 1. The Morgan fingerprint density at radius 2 is 1.78 bits per heavy atom. The third-order valence-corrected chi connectivity index (χ3v) is 8.04. The minimum absolute atomic E-state index is 0.00770. The molecule has 174 valence electrons. The van der Waals surface area contributed by atoms with E-state index in [0.29, 0.717) is 17.9 Å². The zero-order valence-corrected chi connectivity index (χ0v) is 20.7.